The molecule has 1 amide bonds. The number of amides is 1. The highest BCUT2D eigenvalue weighted by molar-refractivity contribution is 5.78. The maximum atomic E-state index is 13.2. The Kier molecular flexibility index (Phi) is 53.6. The Morgan fingerprint density at radius 1 is 0.443 bits per heavy atom. The summed E-state index contributed by atoms with van der Waals surface area (Å²) in [7, 11) is 0. The van der Waals surface area contributed by atoms with Crippen LogP contribution in [0.2, 0.25) is 0 Å². The first-order valence-electron chi connectivity index (χ1n) is 29.1. The first kappa shape index (κ1) is 66.5. The second kappa shape index (κ2) is 56.4. The number of nitrogens with one attached hydrogen (secondary N) is 1. The smallest absolute Gasteiger partial charge is 0.306 e. The Balaban J connectivity index is 4.75. The van der Waals surface area contributed by atoms with Crippen molar-refractivity contribution in [2.24, 2.45) is 0 Å². The third kappa shape index (κ3) is 50.9. The number of aliphatic hydroxyl groups excluding tert-OH is 2. The number of carbonyl (C=O) groups is 2. The van der Waals surface area contributed by atoms with Gasteiger partial charge in [0.15, 0.2) is 0 Å². The number of carbonyl (C=O) groups excluding carboxylic acids is 2. The van der Waals surface area contributed by atoms with Gasteiger partial charge in [-0.15, -0.1) is 0 Å². The molecule has 3 unspecified atom stereocenters. The molecule has 0 radical (unpaired) electrons. The minimum absolute atomic E-state index is 0.0582. The van der Waals surface area contributed by atoms with Crippen LogP contribution in [0, 0.1) is 0 Å². The minimum atomic E-state index is -0.830. The van der Waals surface area contributed by atoms with Gasteiger partial charge in [0.2, 0.25) is 5.91 Å². The van der Waals surface area contributed by atoms with Gasteiger partial charge in [0.05, 0.1) is 25.2 Å². The Morgan fingerprint density at radius 2 is 0.800 bits per heavy atom. The van der Waals surface area contributed by atoms with E-state index in [1.54, 1.807) is 6.08 Å². The Hall–Kier alpha value is -3.48. The van der Waals surface area contributed by atoms with E-state index in [0.717, 1.165) is 96.3 Å². The van der Waals surface area contributed by atoms with Gasteiger partial charge in [-0.25, -0.2) is 0 Å². The zero-order valence-corrected chi connectivity index (χ0v) is 45.6. The van der Waals surface area contributed by atoms with Gasteiger partial charge in [-0.1, -0.05) is 259 Å². The molecule has 3 atom stereocenters. The van der Waals surface area contributed by atoms with E-state index in [4.69, 9.17) is 4.74 Å². The molecular weight excluding hydrogens is 863 g/mol. The maximum Gasteiger partial charge on any atom is 0.306 e. The number of rotatable bonds is 51. The third-order valence-corrected chi connectivity index (χ3v) is 12.6. The van der Waals surface area contributed by atoms with Gasteiger partial charge in [0, 0.05) is 6.42 Å². The van der Waals surface area contributed by atoms with Crippen LogP contribution in [-0.4, -0.2) is 46.9 Å². The summed E-state index contributed by atoms with van der Waals surface area (Å²) < 4.78 is 5.85. The summed E-state index contributed by atoms with van der Waals surface area (Å²) in [5.41, 5.74) is 0. The number of ether oxygens (including phenoxy) is 1. The van der Waals surface area contributed by atoms with Crippen molar-refractivity contribution in [3.05, 3.63) is 109 Å². The van der Waals surface area contributed by atoms with Crippen LogP contribution in [0.3, 0.4) is 0 Å². The van der Waals surface area contributed by atoms with Crippen molar-refractivity contribution in [3.8, 4) is 0 Å². The number of unbranched alkanes of at least 4 members (excludes halogenated alkanes) is 23. The first-order chi connectivity index (χ1) is 34.5. The number of esters is 1. The summed E-state index contributed by atoms with van der Waals surface area (Å²) in [5.74, 6) is -0.648. The van der Waals surface area contributed by atoms with E-state index in [0.29, 0.717) is 19.3 Å². The zero-order valence-electron chi connectivity index (χ0n) is 45.6. The van der Waals surface area contributed by atoms with Crippen molar-refractivity contribution in [1.82, 2.24) is 5.32 Å². The fourth-order valence-electron chi connectivity index (χ4n) is 8.20. The lowest BCUT2D eigenvalue weighted by Gasteiger charge is -2.23. The fourth-order valence-corrected chi connectivity index (χ4v) is 8.20. The van der Waals surface area contributed by atoms with Crippen molar-refractivity contribution < 1.29 is 24.5 Å². The van der Waals surface area contributed by atoms with Crippen LogP contribution in [-0.2, 0) is 14.3 Å². The highest BCUT2D eigenvalue weighted by Gasteiger charge is 2.23. The van der Waals surface area contributed by atoms with Gasteiger partial charge in [0.1, 0.15) is 6.10 Å². The Morgan fingerprint density at radius 3 is 1.24 bits per heavy atom. The van der Waals surface area contributed by atoms with Crippen LogP contribution in [0.15, 0.2) is 109 Å². The van der Waals surface area contributed by atoms with Crippen molar-refractivity contribution in [2.75, 3.05) is 6.61 Å². The molecule has 0 bridgehead atoms. The summed E-state index contributed by atoms with van der Waals surface area (Å²) >= 11 is 0. The second-order valence-electron chi connectivity index (χ2n) is 19.3. The van der Waals surface area contributed by atoms with Crippen LogP contribution in [0.25, 0.3) is 0 Å². The van der Waals surface area contributed by atoms with Crippen LogP contribution < -0.4 is 5.32 Å². The number of aliphatic hydroxyl groups is 2. The van der Waals surface area contributed by atoms with Gasteiger partial charge in [-0.05, 0) is 96.0 Å². The number of allylic oxidation sites excluding steroid dienone is 17. The van der Waals surface area contributed by atoms with Crippen LogP contribution in [0.4, 0.5) is 0 Å². The van der Waals surface area contributed by atoms with Crippen LogP contribution in [0.1, 0.15) is 258 Å². The normalized spacial score (nSPS) is 14.0. The maximum absolute atomic E-state index is 13.2. The van der Waals surface area contributed by atoms with Crippen molar-refractivity contribution in [1.29, 1.82) is 0 Å². The summed E-state index contributed by atoms with van der Waals surface area (Å²) in [5, 5.41) is 23.8. The molecule has 0 rings (SSSR count). The molecule has 0 heterocycles. The summed E-state index contributed by atoms with van der Waals surface area (Å²) in [6, 6.07) is -0.753. The molecule has 6 heteroatoms. The largest absolute Gasteiger partial charge is 0.458 e. The first-order valence-corrected chi connectivity index (χ1v) is 29.1. The second-order valence-corrected chi connectivity index (χ2v) is 19.3. The van der Waals surface area contributed by atoms with E-state index in [1.807, 2.05) is 6.08 Å². The van der Waals surface area contributed by atoms with Gasteiger partial charge in [-0.3, -0.25) is 9.59 Å². The molecule has 0 fully saturated rings. The van der Waals surface area contributed by atoms with Crippen LogP contribution >= 0.6 is 0 Å². The number of hydrogen-bond donors (Lipinski definition) is 3. The molecule has 3 N–H and O–H groups in total. The monoisotopic (exact) mass is 972 g/mol. The van der Waals surface area contributed by atoms with E-state index >= 15 is 0 Å². The molecule has 0 spiro atoms. The average Bonchev–Trinajstić information content (AvgIpc) is 3.35. The van der Waals surface area contributed by atoms with E-state index in [2.05, 4.69) is 123 Å². The Labute approximate surface area is 432 Å². The zero-order chi connectivity index (χ0) is 50.9. The lowest BCUT2D eigenvalue weighted by molar-refractivity contribution is -0.148. The molecule has 0 saturated carbocycles. The molecule has 400 valence electrons. The molecule has 0 saturated heterocycles. The average molecular weight is 973 g/mol. The molecule has 70 heavy (non-hydrogen) atoms. The highest BCUT2D eigenvalue weighted by Crippen LogP contribution is 2.16. The van der Waals surface area contributed by atoms with Crippen molar-refractivity contribution in [2.45, 2.75) is 277 Å². The molecule has 0 aromatic rings. The topological polar surface area (TPSA) is 95.9 Å². The van der Waals surface area contributed by atoms with E-state index in [-0.39, 0.29) is 24.9 Å². The van der Waals surface area contributed by atoms with Crippen molar-refractivity contribution in [3.63, 3.8) is 0 Å². The lowest BCUT2D eigenvalue weighted by Crippen LogP contribution is -2.46. The van der Waals surface area contributed by atoms with Gasteiger partial charge >= 0.3 is 5.97 Å². The summed E-state index contributed by atoms with van der Waals surface area (Å²) in [6.07, 6.45) is 77.5. The summed E-state index contributed by atoms with van der Waals surface area (Å²) in [4.78, 5) is 26.2. The van der Waals surface area contributed by atoms with E-state index in [1.165, 1.54) is 116 Å². The molecule has 0 aromatic carbocycles. The standard InChI is InChI=1S/C64H109NO5/c1-4-7-10-13-16-19-22-25-28-30-31-33-36-39-42-45-48-51-54-57-64(69)70-60(55-52-49-46-43-40-37-35-32-29-26-23-20-17-14-11-8-5-2)58-63(68)65-61(59-66)62(67)56-53-50-47-44-41-38-34-27-24-21-18-15-12-9-6-3/h8,11,16-17,19-20,25-26,28-29,31,33,35,37,43,46,52,55,60-62,66-67H,4-7,9-10,12-15,18,21-24,27,30,32,34,36,38-42,44-45,47-51,53-54,56-59H2,1-3H3,(H,65,68)/b11-8-,19-16-,20-17-,28-25-,29-26-,33-31-,37-35-,46-43-,55-52-. The molecular formula is C64H109NO5. The molecule has 0 aliphatic heterocycles. The van der Waals surface area contributed by atoms with Gasteiger partial charge in [-0.2, -0.15) is 0 Å². The number of hydrogen-bond acceptors (Lipinski definition) is 5. The highest BCUT2D eigenvalue weighted by atomic mass is 16.5. The quantitative estimate of drug-likeness (QED) is 0.0321. The molecule has 0 aliphatic carbocycles. The van der Waals surface area contributed by atoms with E-state index in [9.17, 15) is 19.8 Å². The minimum Gasteiger partial charge on any atom is -0.458 e. The summed E-state index contributed by atoms with van der Waals surface area (Å²) in [6.45, 7) is 6.32. The van der Waals surface area contributed by atoms with Crippen LogP contribution in [0.5, 0.6) is 0 Å². The Bertz CT molecular complexity index is 1420. The van der Waals surface area contributed by atoms with Gasteiger partial charge in [0.25, 0.3) is 0 Å². The molecule has 0 aliphatic rings. The predicted molar refractivity (Wildman–Crippen MR) is 305 cm³/mol. The molecule has 6 nitrogen and oxygen atoms in total. The molecule has 0 aromatic heterocycles. The SMILES string of the molecule is CC/C=C\C/C=C\C/C=C\C/C=C\C/C=C\C/C=C\C(CC(=O)NC(CO)C(O)CCCCCCCCCCCCCCCCC)OC(=O)CCCCCCCC/C=C\C/C=C\C/C=C\CCCCC. The third-order valence-electron chi connectivity index (χ3n) is 12.6. The van der Waals surface area contributed by atoms with Gasteiger partial charge < -0.3 is 20.3 Å². The van der Waals surface area contributed by atoms with Crippen molar-refractivity contribution >= 4 is 11.9 Å². The lowest BCUT2D eigenvalue weighted by atomic mass is 10.0. The van der Waals surface area contributed by atoms with E-state index < -0.39 is 18.2 Å². The predicted octanol–water partition coefficient (Wildman–Crippen LogP) is 18.2. The fraction of sp³-hybridized carbons (Fsp3) is 0.688.